The van der Waals surface area contributed by atoms with Crippen LogP contribution in [0.4, 0.5) is 17.6 Å². The lowest BCUT2D eigenvalue weighted by molar-refractivity contribution is -0.139. The second-order valence-electron chi connectivity index (χ2n) is 6.52. The van der Waals surface area contributed by atoms with Crippen molar-refractivity contribution >= 4 is 5.91 Å². The van der Waals surface area contributed by atoms with Crippen molar-refractivity contribution in [3.05, 3.63) is 35.1 Å². The third-order valence-electron chi connectivity index (χ3n) is 4.99. The zero-order chi connectivity index (χ0) is 16.8. The highest BCUT2D eigenvalue weighted by atomic mass is 19.4. The van der Waals surface area contributed by atoms with E-state index in [-0.39, 0.29) is 18.0 Å². The molecule has 0 aromatic heterocycles. The first-order chi connectivity index (χ1) is 10.7. The Balaban J connectivity index is 1.72. The van der Waals surface area contributed by atoms with Gasteiger partial charge in [-0.25, -0.2) is 4.39 Å². The van der Waals surface area contributed by atoms with Gasteiger partial charge in [0.15, 0.2) is 0 Å². The zero-order valence-electron chi connectivity index (χ0n) is 12.4. The van der Waals surface area contributed by atoms with E-state index in [1.165, 1.54) is 0 Å². The maximum Gasteiger partial charge on any atom is 0.416 e. The minimum absolute atomic E-state index is 0.131. The number of halogens is 4. The molecule has 0 radical (unpaired) electrons. The fourth-order valence-corrected chi connectivity index (χ4v) is 3.63. The molecule has 1 aromatic carbocycles. The smallest absolute Gasteiger partial charge is 0.350 e. The van der Waals surface area contributed by atoms with Crippen LogP contribution < -0.4 is 11.1 Å². The van der Waals surface area contributed by atoms with Gasteiger partial charge in [-0.3, -0.25) is 4.79 Å². The van der Waals surface area contributed by atoms with Gasteiger partial charge in [-0.15, -0.1) is 0 Å². The van der Waals surface area contributed by atoms with Gasteiger partial charge < -0.3 is 11.1 Å². The van der Waals surface area contributed by atoms with E-state index in [9.17, 15) is 22.4 Å². The molecule has 2 saturated carbocycles. The molecule has 2 aliphatic rings. The third kappa shape index (κ3) is 3.06. The zero-order valence-corrected chi connectivity index (χ0v) is 12.4. The van der Waals surface area contributed by atoms with Gasteiger partial charge in [0.05, 0.1) is 11.1 Å². The number of hydrogen-bond acceptors (Lipinski definition) is 2. The van der Waals surface area contributed by atoms with E-state index < -0.39 is 29.0 Å². The van der Waals surface area contributed by atoms with Crippen LogP contribution in [0.25, 0.3) is 0 Å². The first-order valence-corrected chi connectivity index (χ1v) is 7.64. The van der Waals surface area contributed by atoms with E-state index >= 15 is 0 Å². The summed E-state index contributed by atoms with van der Waals surface area (Å²) in [5.74, 6) is -0.777. The first-order valence-electron chi connectivity index (χ1n) is 7.64. The van der Waals surface area contributed by atoms with Gasteiger partial charge in [-0.05, 0) is 42.4 Å². The molecule has 0 spiro atoms. The number of alkyl halides is 3. The number of rotatable bonds is 3. The van der Waals surface area contributed by atoms with E-state index in [0.717, 1.165) is 31.4 Å². The van der Waals surface area contributed by atoms with Crippen LogP contribution in [-0.4, -0.2) is 11.4 Å². The van der Waals surface area contributed by atoms with Crippen LogP contribution in [0.2, 0.25) is 0 Å². The molecule has 3 unspecified atom stereocenters. The molecule has 0 heterocycles. The Labute approximate surface area is 131 Å². The molecule has 3 nitrogen and oxygen atoms in total. The molecule has 126 valence electrons. The highest BCUT2D eigenvalue weighted by Crippen LogP contribution is 2.53. The van der Waals surface area contributed by atoms with Crippen LogP contribution in [-0.2, 0) is 17.5 Å². The molecule has 0 aliphatic heterocycles. The van der Waals surface area contributed by atoms with Crippen molar-refractivity contribution in [2.75, 3.05) is 0 Å². The lowest BCUT2D eigenvalue weighted by Crippen LogP contribution is -2.57. The average Bonchev–Trinajstić information content (AvgIpc) is 3.25. The quantitative estimate of drug-likeness (QED) is 0.837. The fraction of sp³-hybridized carbons (Fsp3) is 0.562. The predicted octanol–water partition coefficient (Wildman–Crippen LogP) is 2.98. The van der Waals surface area contributed by atoms with Gasteiger partial charge in [-0.1, -0.05) is 18.9 Å². The van der Waals surface area contributed by atoms with E-state index in [4.69, 9.17) is 5.73 Å². The molecule has 0 bridgehead atoms. The van der Waals surface area contributed by atoms with Crippen LogP contribution >= 0.6 is 0 Å². The van der Waals surface area contributed by atoms with Crippen LogP contribution in [0.5, 0.6) is 0 Å². The Bertz CT molecular complexity index is 631. The summed E-state index contributed by atoms with van der Waals surface area (Å²) < 4.78 is 51.9. The minimum atomic E-state index is -4.67. The van der Waals surface area contributed by atoms with Crippen molar-refractivity contribution in [1.82, 2.24) is 5.32 Å². The van der Waals surface area contributed by atoms with Crippen molar-refractivity contribution < 1.29 is 22.4 Å². The summed E-state index contributed by atoms with van der Waals surface area (Å²) in [6, 6.07) is 2.44. The van der Waals surface area contributed by atoms with Crippen LogP contribution in [0.3, 0.4) is 0 Å². The molecule has 1 aromatic rings. The normalized spacial score (nSPS) is 29.8. The van der Waals surface area contributed by atoms with Gasteiger partial charge in [0.1, 0.15) is 5.82 Å². The molecule has 1 amide bonds. The Hall–Kier alpha value is -1.63. The molecule has 3 rings (SSSR count). The molecule has 2 fully saturated rings. The predicted molar refractivity (Wildman–Crippen MR) is 75.6 cm³/mol. The van der Waals surface area contributed by atoms with E-state index in [1.54, 1.807) is 0 Å². The molecule has 3 atom stereocenters. The number of amides is 1. The SMILES string of the molecule is NC1(C(=O)NCc2ccc(F)cc2C(F)(F)F)CCCC2CC21. The van der Waals surface area contributed by atoms with Crippen molar-refractivity contribution in [2.45, 2.75) is 43.9 Å². The number of carbonyl (C=O) groups is 1. The summed E-state index contributed by atoms with van der Waals surface area (Å²) in [4.78, 5) is 12.4. The second kappa shape index (κ2) is 5.47. The standard InChI is InChI=1S/C16H18F4N2O/c17-11-4-3-10(13(7-11)16(18,19)20)8-22-14(23)15(21)5-1-2-9-6-12(9)15/h3-4,7,9,12H,1-2,5-6,8,21H2,(H,22,23). The molecule has 23 heavy (non-hydrogen) atoms. The van der Waals surface area contributed by atoms with Crippen molar-refractivity contribution in [3.8, 4) is 0 Å². The summed E-state index contributed by atoms with van der Waals surface area (Å²) in [7, 11) is 0. The van der Waals surface area contributed by atoms with Gasteiger partial charge in [0.2, 0.25) is 5.91 Å². The molecular weight excluding hydrogens is 312 g/mol. The largest absolute Gasteiger partial charge is 0.416 e. The van der Waals surface area contributed by atoms with Gasteiger partial charge in [0.25, 0.3) is 0 Å². The third-order valence-corrected chi connectivity index (χ3v) is 4.99. The number of benzene rings is 1. The molecule has 7 heteroatoms. The molecule has 2 aliphatic carbocycles. The summed E-state index contributed by atoms with van der Waals surface area (Å²) >= 11 is 0. The van der Waals surface area contributed by atoms with Crippen molar-refractivity contribution in [2.24, 2.45) is 17.6 Å². The number of hydrogen-bond donors (Lipinski definition) is 2. The number of carbonyl (C=O) groups excluding carboxylic acids is 1. The van der Waals surface area contributed by atoms with Crippen LogP contribution in [0.1, 0.15) is 36.8 Å². The first kappa shape index (κ1) is 16.2. The van der Waals surface area contributed by atoms with Crippen molar-refractivity contribution in [1.29, 1.82) is 0 Å². The van der Waals surface area contributed by atoms with Crippen molar-refractivity contribution in [3.63, 3.8) is 0 Å². The monoisotopic (exact) mass is 330 g/mol. The number of nitrogens with two attached hydrogens (primary N) is 1. The van der Waals surface area contributed by atoms with Crippen LogP contribution in [0, 0.1) is 17.7 Å². The van der Waals surface area contributed by atoms with Crippen LogP contribution in [0.15, 0.2) is 18.2 Å². The van der Waals surface area contributed by atoms with E-state index in [1.807, 2.05) is 0 Å². The highest BCUT2D eigenvalue weighted by Gasteiger charge is 2.56. The fourth-order valence-electron chi connectivity index (χ4n) is 3.63. The highest BCUT2D eigenvalue weighted by molar-refractivity contribution is 5.87. The average molecular weight is 330 g/mol. The van der Waals surface area contributed by atoms with Gasteiger partial charge >= 0.3 is 6.18 Å². The van der Waals surface area contributed by atoms with E-state index in [2.05, 4.69) is 5.32 Å². The minimum Gasteiger partial charge on any atom is -0.350 e. The summed E-state index contributed by atoms with van der Waals surface area (Å²) in [6.07, 6.45) is -1.29. The van der Waals surface area contributed by atoms with Gasteiger partial charge in [-0.2, -0.15) is 13.2 Å². The molecular formula is C16H18F4N2O. The summed E-state index contributed by atoms with van der Waals surface area (Å²) in [5, 5.41) is 2.51. The molecule has 0 saturated heterocycles. The number of nitrogens with one attached hydrogen (secondary N) is 1. The maximum absolute atomic E-state index is 13.1. The summed E-state index contributed by atoms with van der Waals surface area (Å²) in [6.45, 7) is -0.315. The maximum atomic E-state index is 13.1. The molecule has 3 N–H and O–H groups in total. The number of fused-ring (bicyclic) bond motifs is 1. The summed E-state index contributed by atoms with van der Waals surface area (Å²) in [5.41, 5.74) is 3.98. The Morgan fingerprint density at radius 3 is 2.83 bits per heavy atom. The van der Waals surface area contributed by atoms with E-state index in [0.29, 0.717) is 18.4 Å². The Morgan fingerprint density at radius 1 is 1.39 bits per heavy atom. The topological polar surface area (TPSA) is 55.1 Å². The van der Waals surface area contributed by atoms with Gasteiger partial charge in [0, 0.05) is 6.54 Å². The lowest BCUT2D eigenvalue weighted by atomic mass is 9.81. The Kier molecular flexibility index (Phi) is 3.86. The lowest BCUT2D eigenvalue weighted by Gasteiger charge is -2.32. The second-order valence-corrected chi connectivity index (χ2v) is 6.52. The Morgan fingerprint density at radius 2 is 2.13 bits per heavy atom.